The summed E-state index contributed by atoms with van der Waals surface area (Å²) in [5, 5.41) is 0. The number of aromatic nitrogens is 1. The third-order valence-electron chi connectivity index (χ3n) is 1.30. The molecule has 0 amide bonds. The Hall–Kier alpha value is -1.46. The Morgan fingerprint density at radius 3 is 2.38 bits per heavy atom. The summed E-state index contributed by atoms with van der Waals surface area (Å²) in [6.07, 6.45) is -3.22. The molecule has 1 aromatic heterocycles. The number of hydrogen-bond donors (Lipinski definition) is 0. The molecular formula is C7H3F4NO. The third kappa shape index (κ3) is 1.82. The molecule has 0 unspecified atom stereocenters. The van der Waals surface area contributed by atoms with Gasteiger partial charge in [-0.05, 0) is 0 Å². The van der Waals surface area contributed by atoms with Crippen LogP contribution < -0.4 is 0 Å². The molecule has 0 aliphatic rings. The molecule has 0 saturated carbocycles. The lowest BCUT2D eigenvalue weighted by Crippen LogP contribution is -2.02. The fourth-order valence-electron chi connectivity index (χ4n) is 0.731. The molecule has 0 bridgehead atoms. The van der Waals surface area contributed by atoms with Gasteiger partial charge in [0.2, 0.25) is 0 Å². The van der Waals surface area contributed by atoms with Gasteiger partial charge in [0.25, 0.3) is 6.43 Å². The highest BCUT2D eigenvalue weighted by molar-refractivity contribution is 5.72. The molecule has 70 valence electrons. The van der Waals surface area contributed by atoms with Crippen molar-refractivity contribution in [1.29, 1.82) is 0 Å². The lowest BCUT2D eigenvalue weighted by atomic mass is 10.3. The van der Waals surface area contributed by atoms with Crippen molar-refractivity contribution in [2.75, 3.05) is 0 Å². The van der Waals surface area contributed by atoms with E-state index in [1.807, 2.05) is 0 Å². The van der Waals surface area contributed by atoms with E-state index >= 15 is 0 Å². The van der Waals surface area contributed by atoms with Crippen LogP contribution in [0, 0.1) is 11.6 Å². The summed E-state index contributed by atoms with van der Waals surface area (Å²) < 4.78 is 48.9. The Morgan fingerprint density at radius 1 is 1.31 bits per heavy atom. The van der Waals surface area contributed by atoms with E-state index < -0.39 is 29.4 Å². The first-order valence-corrected chi connectivity index (χ1v) is 3.15. The van der Waals surface area contributed by atoms with Crippen LogP contribution >= 0.6 is 0 Å². The minimum Gasteiger partial charge on any atom is -0.296 e. The van der Waals surface area contributed by atoms with Crippen LogP contribution in [0.5, 0.6) is 0 Å². The molecule has 0 atom stereocenters. The van der Waals surface area contributed by atoms with Crippen LogP contribution in [0.1, 0.15) is 22.6 Å². The number of nitrogens with zero attached hydrogens (tertiary/aromatic N) is 1. The topological polar surface area (TPSA) is 30.0 Å². The molecule has 13 heavy (non-hydrogen) atoms. The van der Waals surface area contributed by atoms with Crippen molar-refractivity contribution in [2.24, 2.45) is 0 Å². The van der Waals surface area contributed by atoms with Gasteiger partial charge in [0.15, 0.2) is 17.9 Å². The second-order valence-corrected chi connectivity index (χ2v) is 2.14. The number of carbonyl (C=O) groups excluding carboxylic acids is 1. The maximum atomic E-state index is 12.5. The van der Waals surface area contributed by atoms with Crippen LogP contribution in [0.2, 0.25) is 0 Å². The lowest BCUT2D eigenvalue weighted by molar-refractivity contribution is 0.111. The molecule has 0 spiro atoms. The van der Waals surface area contributed by atoms with Crippen molar-refractivity contribution in [3.05, 3.63) is 29.1 Å². The second-order valence-electron chi connectivity index (χ2n) is 2.14. The van der Waals surface area contributed by atoms with E-state index in [1.165, 1.54) is 0 Å². The van der Waals surface area contributed by atoms with Crippen molar-refractivity contribution in [1.82, 2.24) is 4.98 Å². The predicted octanol–water partition coefficient (Wildman–Crippen LogP) is 2.11. The van der Waals surface area contributed by atoms with Crippen LogP contribution in [0.15, 0.2) is 6.07 Å². The van der Waals surface area contributed by atoms with Crippen molar-refractivity contribution in [3.8, 4) is 0 Å². The quantitative estimate of drug-likeness (QED) is 0.531. The summed E-state index contributed by atoms with van der Waals surface area (Å²) in [4.78, 5) is 12.9. The Balaban J connectivity index is 3.30. The van der Waals surface area contributed by atoms with Crippen molar-refractivity contribution >= 4 is 6.29 Å². The number of halogens is 4. The first-order chi connectivity index (χ1) is 6.06. The number of pyridine rings is 1. The third-order valence-corrected chi connectivity index (χ3v) is 1.30. The van der Waals surface area contributed by atoms with Gasteiger partial charge in [-0.1, -0.05) is 0 Å². The predicted molar refractivity (Wildman–Crippen MR) is 34.5 cm³/mol. The molecule has 0 aromatic carbocycles. The maximum absolute atomic E-state index is 12.5. The zero-order valence-electron chi connectivity index (χ0n) is 6.10. The first kappa shape index (κ1) is 9.63. The number of hydrogen-bond acceptors (Lipinski definition) is 2. The van der Waals surface area contributed by atoms with Crippen LogP contribution in [-0.4, -0.2) is 11.3 Å². The minimum atomic E-state index is -3.17. The fraction of sp³-hybridized carbons (Fsp3) is 0.143. The highest BCUT2D eigenvalue weighted by Crippen LogP contribution is 2.20. The SMILES string of the molecule is O=Cc1nc(C(F)F)c(F)cc1F. The van der Waals surface area contributed by atoms with Gasteiger partial charge >= 0.3 is 0 Å². The van der Waals surface area contributed by atoms with E-state index in [4.69, 9.17) is 0 Å². The smallest absolute Gasteiger partial charge is 0.283 e. The van der Waals surface area contributed by atoms with E-state index in [0.717, 1.165) is 0 Å². The van der Waals surface area contributed by atoms with Gasteiger partial charge in [-0.3, -0.25) is 4.79 Å². The van der Waals surface area contributed by atoms with Gasteiger partial charge in [-0.25, -0.2) is 22.5 Å². The summed E-state index contributed by atoms with van der Waals surface area (Å²) in [6, 6.07) is 0.207. The van der Waals surface area contributed by atoms with Crippen LogP contribution in [0.4, 0.5) is 17.6 Å². The van der Waals surface area contributed by atoms with Gasteiger partial charge in [-0.15, -0.1) is 0 Å². The second kappa shape index (κ2) is 3.51. The first-order valence-electron chi connectivity index (χ1n) is 3.15. The molecule has 6 heteroatoms. The van der Waals surface area contributed by atoms with Gasteiger partial charge in [-0.2, -0.15) is 0 Å². The highest BCUT2D eigenvalue weighted by Gasteiger charge is 2.18. The molecule has 0 fully saturated rings. The molecule has 1 aromatic rings. The summed E-state index contributed by atoms with van der Waals surface area (Å²) in [7, 11) is 0. The summed E-state index contributed by atoms with van der Waals surface area (Å²) in [5.41, 5.74) is -2.04. The van der Waals surface area contributed by atoms with E-state index in [0.29, 0.717) is 0 Å². The van der Waals surface area contributed by atoms with Crippen molar-refractivity contribution in [3.63, 3.8) is 0 Å². The molecule has 1 heterocycles. The maximum Gasteiger partial charge on any atom is 0.283 e. The fourth-order valence-corrected chi connectivity index (χ4v) is 0.731. The number of alkyl halides is 2. The Kier molecular flexibility index (Phi) is 2.60. The Morgan fingerprint density at radius 2 is 1.92 bits per heavy atom. The van der Waals surface area contributed by atoms with Crippen LogP contribution in [0.25, 0.3) is 0 Å². The number of aldehydes is 1. The van der Waals surface area contributed by atoms with Gasteiger partial charge in [0.1, 0.15) is 11.4 Å². The summed E-state index contributed by atoms with van der Waals surface area (Å²) in [5.74, 6) is -2.71. The highest BCUT2D eigenvalue weighted by atomic mass is 19.3. The molecule has 0 saturated heterocycles. The average molecular weight is 193 g/mol. The Labute approximate surface area is 70.2 Å². The standard InChI is InChI=1S/C7H3F4NO/c8-3-1-4(9)6(7(10)11)12-5(3)2-13/h1-2,7H. The number of rotatable bonds is 2. The molecule has 0 radical (unpaired) electrons. The van der Waals surface area contributed by atoms with Crippen molar-refractivity contribution in [2.45, 2.75) is 6.43 Å². The van der Waals surface area contributed by atoms with E-state index in [2.05, 4.69) is 4.98 Å². The molecule has 0 aliphatic carbocycles. The van der Waals surface area contributed by atoms with Gasteiger partial charge < -0.3 is 0 Å². The largest absolute Gasteiger partial charge is 0.296 e. The number of carbonyl (C=O) groups is 1. The van der Waals surface area contributed by atoms with Crippen molar-refractivity contribution < 1.29 is 22.4 Å². The zero-order chi connectivity index (χ0) is 10.0. The van der Waals surface area contributed by atoms with Gasteiger partial charge in [0, 0.05) is 6.07 Å². The molecule has 2 nitrogen and oxygen atoms in total. The van der Waals surface area contributed by atoms with Gasteiger partial charge in [0.05, 0.1) is 0 Å². The van der Waals surface area contributed by atoms with E-state index in [1.54, 1.807) is 0 Å². The lowest BCUT2D eigenvalue weighted by Gasteiger charge is -2.01. The van der Waals surface area contributed by atoms with E-state index in [9.17, 15) is 22.4 Å². The molecule has 0 N–H and O–H groups in total. The molecule has 0 aliphatic heterocycles. The van der Waals surface area contributed by atoms with Crippen LogP contribution in [-0.2, 0) is 0 Å². The zero-order valence-corrected chi connectivity index (χ0v) is 6.10. The van der Waals surface area contributed by atoms with Crippen LogP contribution in [0.3, 0.4) is 0 Å². The Bertz CT molecular complexity index is 340. The normalized spacial score (nSPS) is 10.5. The molecule has 1 rings (SSSR count). The molecular weight excluding hydrogens is 190 g/mol. The summed E-state index contributed by atoms with van der Waals surface area (Å²) >= 11 is 0. The summed E-state index contributed by atoms with van der Waals surface area (Å²) in [6.45, 7) is 0. The monoisotopic (exact) mass is 193 g/mol. The minimum absolute atomic E-state index is 0.0549. The van der Waals surface area contributed by atoms with E-state index in [-0.39, 0.29) is 12.4 Å². The average Bonchev–Trinajstić information content (AvgIpc) is 2.03.